The fraction of sp³-hybridized carbons (Fsp3) is 0.610. The summed E-state index contributed by atoms with van der Waals surface area (Å²) in [5, 5.41) is 0. The molecule has 0 fully saturated rings. The summed E-state index contributed by atoms with van der Waals surface area (Å²) in [5.74, 6) is -1.07. The second-order valence-corrected chi connectivity index (χ2v) is 16.7. The highest BCUT2D eigenvalue weighted by atomic mass is 16.6. The zero-order chi connectivity index (χ0) is 47.2. The summed E-state index contributed by atoms with van der Waals surface area (Å²) < 4.78 is 16.7. The van der Waals surface area contributed by atoms with Crippen molar-refractivity contribution in [3.63, 3.8) is 0 Å². The molecule has 0 rings (SSSR count). The van der Waals surface area contributed by atoms with E-state index in [2.05, 4.69) is 130 Å². The molecule has 65 heavy (non-hydrogen) atoms. The van der Waals surface area contributed by atoms with E-state index in [0.29, 0.717) is 19.3 Å². The van der Waals surface area contributed by atoms with Crippen molar-refractivity contribution in [2.24, 2.45) is 0 Å². The zero-order valence-corrected chi connectivity index (χ0v) is 41.7. The Bertz CT molecular complexity index is 1400. The summed E-state index contributed by atoms with van der Waals surface area (Å²) in [5.41, 5.74) is 0. The molecule has 0 aromatic rings. The van der Waals surface area contributed by atoms with Crippen LogP contribution in [0.3, 0.4) is 0 Å². The van der Waals surface area contributed by atoms with Crippen LogP contribution in [0.5, 0.6) is 0 Å². The Kier molecular flexibility index (Phi) is 49.1. The van der Waals surface area contributed by atoms with Gasteiger partial charge in [0.15, 0.2) is 6.10 Å². The van der Waals surface area contributed by atoms with Gasteiger partial charge >= 0.3 is 17.9 Å². The standard InChI is InChI=1S/C59H94O6/c1-4-7-10-13-16-19-22-24-26-28-29-31-33-35-38-40-43-46-49-52-58(61)64-55-56(65-59(62)53-50-47-44-41-36-21-18-15-12-9-6-3)54-63-57(60)51-48-45-42-39-37-34-32-30-27-25-23-20-17-14-11-8-5-2/h7,10,16-17,19-20,24-27,29,31-32,34-35,38-39,42-43,46,56H,4-6,8-9,11-15,18,21-23,28,30,33,36-37,40-41,44-45,47-55H2,1-3H3/b10-7-,19-16-,20-17-,26-24-,27-25-,31-29-,34-32-,38-35-,42-39-,46-43-/t56-/m0/s1. The zero-order valence-electron chi connectivity index (χ0n) is 41.7. The maximum Gasteiger partial charge on any atom is 0.306 e. The van der Waals surface area contributed by atoms with Gasteiger partial charge in [-0.1, -0.05) is 219 Å². The third-order valence-corrected chi connectivity index (χ3v) is 10.5. The van der Waals surface area contributed by atoms with Crippen molar-refractivity contribution in [1.82, 2.24) is 0 Å². The van der Waals surface area contributed by atoms with Gasteiger partial charge in [0, 0.05) is 19.3 Å². The van der Waals surface area contributed by atoms with Crippen LogP contribution in [-0.4, -0.2) is 37.2 Å². The first-order valence-corrected chi connectivity index (χ1v) is 26.0. The number of carbonyl (C=O) groups is 3. The third kappa shape index (κ3) is 50.7. The molecule has 6 nitrogen and oxygen atoms in total. The second-order valence-electron chi connectivity index (χ2n) is 16.7. The smallest absolute Gasteiger partial charge is 0.306 e. The molecule has 0 saturated heterocycles. The maximum atomic E-state index is 12.8. The van der Waals surface area contributed by atoms with Crippen LogP contribution in [0.4, 0.5) is 0 Å². The van der Waals surface area contributed by atoms with Crippen LogP contribution >= 0.6 is 0 Å². The van der Waals surface area contributed by atoms with Crippen molar-refractivity contribution in [3.05, 3.63) is 122 Å². The number of hydrogen-bond donors (Lipinski definition) is 0. The Morgan fingerprint density at radius 3 is 1.08 bits per heavy atom. The summed E-state index contributed by atoms with van der Waals surface area (Å²) in [6.07, 6.45) is 72.0. The average Bonchev–Trinajstić information content (AvgIpc) is 3.30. The maximum absolute atomic E-state index is 12.8. The fourth-order valence-corrected chi connectivity index (χ4v) is 6.58. The fourth-order valence-electron chi connectivity index (χ4n) is 6.58. The molecule has 0 aliphatic rings. The summed E-state index contributed by atoms with van der Waals surface area (Å²) in [4.78, 5) is 37.9. The quantitative estimate of drug-likeness (QED) is 0.0262. The molecule has 0 aliphatic heterocycles. The van der Waals surface area contributed by atoms with Crippen molar-refractivity contribution < 1.29 is 28.6 Å². The Morgan fingerprint density at radius 2 is 0.646 bits per heavy atom. The SMILES string of the molecule is CC/C=C\C/C=C\C/C=C\C/C=C\C/C=C\C/C=C\CCC(=O)OC[C@H](COC(=O)CCC/C=C\C/C=C\C/C=C\C/C=C\CCCCC)OC(=O)CCCCCCCCCCCCC. The number of unbranched alkanes of at least 4 members (excludes halogenated alkanes) is 14. The van der Waals surface area contributed by atoms with E-state index >= 15 is 0 Å². The van der Waals surface area contributed by atoms with E-state index in [1.54, 1.807) is 0 Å². The molecule has 0 aliphatic carbocycles. The molecule has 1 atom stereocenters. The number of esters is 3. The molecule has 0 heterocycles. The second kappa shape index (κ2) is 52.4. The van der Waals surface area contributed by atoms with Gasteiger partial charge in [-0.15, -0.1) is 0 Å². The minimum absolute atomic E-state index is 0.131. The predicted octanol–water partition coefficient (Wildman–Crippen LogP) is 17.3. The van der Waals surface area contributed by atoms with E-state index in [0.717, 1.165) is 83.5 Å². The third-order valence-electron chi connectivity index (χ3n) is 10.5. The first-order valence-electron chi connectivity index (χ1n) is 26.0. The Morgan fingerprint density at radius 1 is 0.323 bits per heavy atom. The van der Waals surface area contributed by atoms with Gasteiger partial charge in [-0.2, -0.15) is 0 Å². The van der Waals surface area contributed by atoms with Crippen LogP contribution < -0.4 is 0 Å². The van der Waals surface area contributed by atoms with Gasteiger partial charge in [-0.3, -0.25) is 14.4 Å². The van der Waals surface area contributed by atoms with Gasteiger partial charge < -0.3 is 14.2 Å². The van der Waals surface area contributed by atoms with E-state index < -0.39 is 6.10 Å². The van der Waals surface area contributed by atoms with E-state index in [1.165, 1.54) is 77.0 Å². The van der Waals surface area contributed by atoms with Crippen LogP contribution in [0, 0.1) is 0 Å². The lowest BCUT2D eigenvalue weighted by Gasteiger charge is -2.18. The summed E-state index contributed by atoms with van der Waals surface area (Å²) in [6, 6.07) is 0. The highest BCUT2D eigenvalue weighted by Gasteiger charge is 2.19. The van der Waals surface area contributed by atoms with Crippen molar-refractivity contribution in [1.29, 1.82) is 0 Å². The normalized spacial score (nSPS) is 13.1. The molecular weight excluding hydrogens is 805 g/mol. The Balaban J connectivity index is 4.57. The summed E-state index contributed by atoms with van der Waals surface area (Å²) >= 11 is 0. The molecule has 0 bridgehead atoms. The molecule has 0 N–H and O–H groups in total. The van der Waals surface area contributed by atoms with Crippen molar-refractivity contribution in [2.45, 2.75) is 219 Å². The van der Waals surface area contributed by atoms with Gasteiger partial charge in [0.25, 0.3) is 0 Å². The molecule has 0 amide bonds. The number of hydrogen-bond acceptors (Lipinski definition) is 6. The molecular formula is C59H94O6. The summed E-state index contributed by atoms with van der Waals surface area (Å²) in [7, 11) is 0. The number of ether oxygens (including phenoxy) is 3. The number of allylic oxidation sites excluding steroid dienone is 20. The molecule has 0 radical (unpaired) electrons. The lowest BCUT2D eigenvalue weighted by molar-refractivity contribution is -0.166. The van der Waals surface area contributed by atoms with Crippen LogP contribution in [-0.2, 0) is 28.6 Å². The first kappa shape index (κ1) is 60.8. The van der Waals surface area contributed by atoms with Crippen LogP contribution in [0.2, 0.25) is 0 Å². The van der Waals surface area contributed by atoms with Gasteiger partial charge in [0.1, 0.15) is 13.2 Å². The van der Waals surface area contributed by atoms with E-state index in [1.807, 2.05) is 12.2 Å². The highest BCUT2D eigenvalue weighted by Crippen LogP contribution is 2.13. The first-order chi connectivity index (χ1) is 32.0. The molecule has 0 unspecified atom stereocenters. The molecule has 0 spiro atoms. The van der Waals surface area contributed by atoms with E-state index in [4.69, 9.17) is 14.2 Å². The minimum Gasteiger partial charge on any atom is -0.462 e. The lowest BCUT2D eigenvalue weighted by Crippen LogP contribution is -2.30. The Hall–Kier alpha value is -4.19. The molecule has 0 aromatic carbocycles. The van der Waals surface area contributed by atoms with Gasteiger partial charge in [-0.05, 0) is 96.3 Å². The number of rotatable bonds is 45. The van der Waals surface area contributed by atoms with Crippen LogP contribution in [0.15, 0.2) is 122 Å². The molecule has 6 heteroatoms. The van der Waals surface area contributed by atoms with Gasteiger partial charge in [0.05, 0.1) is 0 Å². The Labute approximate surface area is 399 Å². The number of carbonyl (C=O) groups excluding carboxylic acids is 3. The average molecular weight is 899 g/mol. The van der Waals surface area contributed by atoms with Crippen LogP contribution in [0.1, 0.15) is 213 Å². The molecule has 366 valence electrons. The highest BCUT2D eigenvalue weighted by molar-refractivity contribution is 5.71. The monoisotopic (exact) mass is 899 g/mol. The largest absolute Gasteiger partial charge is 0.462 e. The van der Waals surface area contributed by atoms with Gasteiger partial charge in [-0.25, -0.2) is 0 Å². The van der Waals surface area contributed by atoms with Gasteiger partial charge in [0.2, 0.25) is 0 Å². The van der Waals surface area contributed by atoms with Crippen molar-refractivity contribution in [3.8, 4) is 0 Å². The van der Waals surface area contributed by atoms with Crippen molar-refractivity contribution >= 4 is 17.9 Å². The lowest BCUT2D eigenvalue weighted by atomic mass is 10.1. The van der Waals surface area contributed by atoms with E-state index in [9.17, 15) is 14.4 Å². The molecule has 0 aromatic heterocycles. The summed E-state index contributed by atoms with van der Waals surface area (Å²) in [6.45, 7) is 6.36. The predicted molar refractivity (Wildman–Crippen MR) is 279 cm³/mol. The molecule has 0 saturated carbocycles. The van der Waals surface area contributed by atoms with Crippen molar-refractivity contribution in [2.75, 3.05) is 13.2 Å². The van der Waals surface area contributed by atoms with E-state index in [-0.39, 0.29) is 44.0 Å². The minimum atomic E-state index is -0.831. The topological polar surface area (TPSA) is 78.9 Å². The van der Waals surface area contributed by atoms with Crippen LogP contribution in [0.25, 0.3) is 0 Å².